The van der Waals surface area contributed by atoms with Gasteiger partial charge in [-0.15, -0.1) is 0 Å². The van der Waals surface area contributed by atoms with Crippen LogP contribution in [0.5, 0.6) is 0 Å². The van der Waals surface area contributed by atoms with Crippen molar-refractivity contribution in [3.8, 4) is 0 Å². The van der Waals surface area contributed by atoms with Gasteiger partial charge in [0.25, 0.3) is 5.91 Å². The van der Waals surface area contributed by atoms with Crippen molar-refractivity contribution in [3.05, 3.63) is 23.8 Å². The standard InChI is InChI=1S/C15H23N3O/c1-4-6-11(2)18(3)15(19)12-7-5-8-13-14(12)17-10-9-16-13/h5,7-8,11,16-17H,4,6,9-10H2,1-3H3. The molecular formula is C15H23N3O. The number of carbonyl (C=O) groups excluding carboxylic acids is 1. The number of hydrogen-bond donors (Lipinski definition) is 2. The third-order valence-electron chi connectivity index (χ3n) is 3.73. The van der Waals surface area contributed by atoms with Crippen molar-refractivity contribution in [1.29, 1.82) is 0 Å². The molecule has 1 aromatic carbocycles. The monoisotopic (exact) mass is 261 g/mol. The molecule has 0 fully saturated rings. The third kappa shape index (κ3) is 2.83. The fourth-order valence-corrected chi connectivity index (χ4v) is 2.45. The zero-order valence-corrected chi connectivity index (χ0v) is 12.0. The van der Waals surface area contributed by atoms with Crippen molar-refractivity contribution in [2.45, 2.75) is 32.7 Å². The van der Waals surface area contributed by atoms with E-state index in [1.807, 2.05) is 30.1 Å². The highest BCUT2D eigenvalue weighted by Crippen LogP contribution is 2.29. The molecule has 1 aromatic rings. The van der Waals surface area contributed by atoms with Crippen LogP contribution in [0.4, 0.5) is 11.4 Å². The van der Waals surface area contributed by atoms with Crippen LogP contribution in [0, 0.1) is 0 Å². The zero-order chi connectivity index (χ0) is 13.8. The SMILES string of the molecule is CCCC(C)N(C)C(=O)c1cccc2c1NCCN2. The minimum absolute atomic E-state index is 0.0917. The number of para-hydroxylation sites is 1. The Balaban J connectivity index is 2.24. The van der Waals surface area contributed by atoms with E-state index in [1.54, 1.807) is 0 Å². The van der Waals surface area contributed by atoms with Crippen LogP contribution in [0.3, 0.4) is 0 Å². The molecule has 1 heterocycles. The molecule has 4 heteroatoms. The number of nitrogens with zero attached hydrogens (tertiary/aromatic N) is 1. The van der Waals surface area contributed by atoms with Gasteiger partial charge >= 0.3 is 0 Å². The van der Waals surface area contributed by atoms with Gasteiger partial charge in [-0.2, -0.15) is 0 Å². The Morgan fingerprint density at radius 3 is 2.84 bits per heavy atom. The highest BCUT2D eigenvalue weighted by molar-refractivity contribution is 6.02. The van der Waals surface area contributed by atoms with Gasteiger partial charge in [0, 0.05) is 26.2 Å². The third-order valence-corrected chi connectivity index (χ3v) is 3.73. The van der Waals surface area contributed by atoms with Crippen molar-refractivity contribution in [3.63, 3.8) is 0 Å². The lowest BCUT2D eigenvalue weighted by Gasteiger charge is -2.28. The first-order valence-corrected chi connectivity index (χ1v) is 7.03. The molecule has 0 bridgehead atoms. The Hall–Kier alpha value is -1.71. The molecule has 19 heavy (non-hydrogen) atoms. The molecule has 0 saturated heterocycles. The Kier molecular flexibility index (Phi) is 4.30. The summed E-state index contributed by atoms with van der Waals surface area (Å²) in [6, 6.07) is 6.11. The van der Waals surface area contributed by atoms with E-state index in [9.17, 15) is 4.79 Å². The Bertz CT molecular complexity index is 459. The molecule has 2 N–H and O–H groups in total. The Morgan fingerprint density at radius 1 is 1.37 bits per heavy atom. The molecule has 0 aliphatic carbocycles. The van der Waals surface area contributed by atoms with E-state index in [0.29, 0.717) is 0 Å². The summed E-state index contributed by atoms with van der Waals surface area (Å²) in [5.74, 6) is 0.0917. The van der Waals surface area contributed by atoms with E-state index in [-0.39, 0.29) is 11.9 Å². The summed E-state index contributed by atoms with van der Waals surface area (Å²) in [6.45, 7) is 5.99. The summed E-state index contributed by atoms with van der Waals surface area (Å²) >= 11 is 0. The van der Waals surface area contributed by atoms with E-state index < -0.39 is 0 Å². The molecule has 0 spiro atoms. The summed E-state index contributed by atoms with van der Waals surface area (Å²) in [5.41, 5.74) is 2.72. The number of anilines is 2. The number of fused-ring (bicyclic) bond motifs is 1. The lowest BCUT2D eigenvalue weighted by atomic mass is 10.1. The first-order chi connectivity index (χ1) is 9.15. The number of amides is 1. The van der Waals surface area contributed by atoms with Crippen molar-refractivity contribution in [1.82, 2.24) is 4.90 Å². The van der Waals surface area contributed by atoms with Gasteiger partial charge in [-0.1, -0.05) is 19.4 Å². The number of carbonyl (C=O) groups is 1. The van der Waals surface area contributed by atoms with Crippen molar-refractivity contribution in [2.24, 2.45) is 0 Å². The molecule has 1 amide bonds. The molecule has 0 radical (unpaired) electrons. The first kappa shape index (κ1) is 13.7. The van der Waals surface area contributed by atoms with Gasteiger partial charge in [-0.3, -0.25) is 4.79 Å². The number of benzene rings is 1. The summed E-state index contributed by atoms with van der Waals surface area (Å²) < 4.78 is 0. The van der Waals surface area contributed by atoms with Crippen molar-refractivity contribution >= 4 is 17.3 Å². The minimum atomic E-state index is 0.0917. The summed E-state index contributed by atoms with van der Waals surface area (Å²) in [5, 5.41) is 6.65. The lowest BCUT2D eigenvalue weighted by Crippen LogP contribution is -2.36. The van der Waals surface area contributed by atoms with Gasteiger partial charge in [0.15, 0.2) is 0 Å². The lowest BCUT2D eigenvalue weighted by molar-refractivity contribution is 0.0737. The smallest absolute Gasteiger partial charge is 0.256 e. The van der Waals surface area contributed by atoms with Gasteiger partial charge < -0.3 is 15.5 Å². The van der Waals surface area contributed by atoms with Gasteiger partial charge in [-0.05, 0) is 25.5 Å². The van der Waals surface area contributed by atoms with E-state index in [2.05, 4.69) is 24.5 Å². The summed E-state index contributed by atoms with van der Waals surface area (Å²) in [6.07, 6.45) is 2.12. The van der Waals surface area contributed by atoms with Crippen LogP contribution in [0.25, 0.3) is 0 Å². The fraction of sp³-hybridized carbons (Fsp3) is 0.533. The second-order valence-electron chi connectivity index (χ2n) is 5.14. The highest BCUT2D eigenvalue weighted by Gasteiger charge is 2.22. The molecule has 0 saturated carbocycles. The molecule has 104 valence electrons. The molecular weight excluding hydrogens is 238 g/mol. The fourth-order valence-electron chi connectivity index (χ4n) is 2.45. The molecule has 1 unspecified atom stereocenters. The molecule has 1 atom stereocenters. The van der Waals surface area contributed by atoms with Gasteiger partial charge in [0.2, 0.25) is 0 Å². The van der Waals surface area contributed by atoms with E-state index in [1.165, 1.54) is 0 Å². The van der Waals surface area contributed by atoms with Crippen LogP contribution < -0.4 is 10.6 Å². The zero-order valence-electron chi connectivity index (χ0n) is 12.0. The van der Waals surface area contributed by atoms with Crippen LogP contribution in [-0.4, -0.2) is 37.0 Å². The van der Waals surface area contributed by atoms with Crippen LogP contribution >= 0.6 is 0 Å². The maximum Gasteiger partial charge on any atom is 0.256 e. The van der Waals surface area contributed by atoms with Gasteiger partial charge in [-0.25, -0.2) is 0 Å². The maximum atomic E-state index is 12.6. The molecule has 1 aliphatic rings. The largest absolute Gasteiger partial charge is 0.382 e. The van der Waals surface area contributed by atoms with Crippen LogP contribution in [0.2, 0.25) is 0 Å². The van der Waals surface area contributed by atoms with Gasteiger partial charge in [0.1, 0.15) is 0 Å². The predicted molar refractivity (Wildman–Crippen MR) is 79.9 cm³/mol. The second kappa shape index (κ2) is 5.95. The van der Waals surface area contributed by atoms with Crippen molar-refractivity contribution in [2.75, 3.05) is 30.8 Å². The number of hydrogen-bond acceptors (Lipinski definition) is 3. The van der Waals surface area contributed by atoms with Crippen LogP contribution in [0.15, 0.2) is 18.2 Å². The quantitative estimate of drug-likeness (QED) is 0.876. The summed E-state index contributed by atoms with van der Waals surface area (Å²) in [7, 11) is 1.89. The summed E-state index contributed by atoms with van der Waals surface area (Å²) in [4.78, 5) is 14.4. The maximum absolute atomic E-state index is 12.6. The topological polar surface area (TPSA) is 44.4 Å². The molecule has 1 aliphatic heterocycles. The average molecular weight is 261 g/mol. The minimum Gasteiger partial charge on any atom is -0.382 e. The van der Waals surface area contributed by atoms with Crippen LogP contribution in [-0.2, 0) is 0 Å². The number of nitrogens with one attached hydrogen (secondary N) is 2. The predicted octanol–water partition coefficient (Wildman–Crippen LogP) is 2.78. The van der Waals surface area contributed by atoms with Crippen LogP contribution in [0.1, 0.15) is 37.0 Å². The molecule has 4 nitrogen and oxygen atoms in total. The molecule has 0 aromatic heterocycles. The number of rotatable bonds is 4. The Labute approximate surface area is 115 Å². The highest BCUT2D eigenvalue weighted by atomic mass is 16.2. The normalized spacial score (nSPS) is 14.9. The first-order valence-electron chi connectivity index (χ1n) is 7.03. The Morgan fingerprint density at radius 2 is 2.11 bits per heavy atom. The average Bonchev–Trinajstić information content (AvgIpc) is 2.45. The van der Waals surface area contributed by atoms with E-state index in [4.69, 9.17) is 0 Å². The van der Waals surface area contributed by atoms with E-state index in [0.717, 1.165) is 42.9 Å². The van der Waals surface area contributed by atoms with E-state index >= 15 is 0 Å². The molecule has 2 rings (SSSR count). The van der Waals surface area contributed by atoms with Gasteiger partial charge in [0.05, 0.1) is 16.9 Å². The second-order valence-corrected chi connectivity index (χ2v) is 5.14. The van der Waals surface area contributed by atoms with Crippen molar-refractivity contribution < 1.29 is 4.79 Å².